The number of thiophene rings is 1. The first kappa shape index (κ1) is 16.8. The zero-order valence-electron chi connectivity index (χ0n) is 14.7. The largest absolute Gasteiger partial charge is 0.355 e. The lowest BCUT2D eigenvalue weighted by Crippen LogP contribution is -2.49. The maximum absolute atomic E-state index is 4.51. The second kappa shape index (κ2) is 7.67. The summed E-state index contributed by atoms with van der Waals surface area (Å²) >= 11 is 1.91. The molecule has 0 radical (unpaired) electrons. The van der Waals surface area contributed by atoms with Crippen LogP contribution in [0.4, 0.5) is 0 Å². The summed E-state index contributed by atoms with van der Waals surface area (Å²) in [5, 5.41) is 5.81. The Morgan fingerprint density at radius 1 is 1.35 bits per heavy atom. The van der Waals surface area contributed by atoms with E-state index in [9.17, 15) is 0 Å². The van der Waals surface area contributed by atoms with Crippen LogP contribution in [0, 0.1) is 11.8 Å². The molecule has 0 aromatic carbocycles. The number of likely N-dealkylation sites (tertiary alicyclic amines) is 1. The fourth-order valence-electron chi connectivity index (χ4n) is 3.99. The van der Waals surface area contributed by atoms with E-state index >= 15 is 0 Å². The molecule has 1 fully saturated rings. The average molecular weight is 335 g/mol. The van der Waals surface area contributed by atoms with Crippen LogP contribution < -0.4 is 5.32 Å². The van der Waals surface area contributed by atoms with Crippen molar-refractivity contribution < 1.29 is 0 Å². The maximum atomic E-state index is 4.51. The Bertz CT molecular complexity index is 529. The molecule has 0 bridgehead atoms. The second-order valence-electron chi connectivity index (χ2n) is 7.22. The Morgan fingerprint density at radius 3 is 2.87 bits per heavy atom. The molecule has 1 N–H and O–H groups in total. The van der Waals surface area contributed by atoms with Crippen LogP contribution in [0.2, 0.25) is 0 Å². The number of nitrogens with zero attached hydrogens (tertiary/aromatic N) is 3. The van der Waals surface area contributed by atoms with Crippen molar-refractivity contribution >= 4 is 17.3 Å². The van der Waals surface area contributed by atoms with Gasteiger partial charge in [-0.3, -0.25) is 9.89 Å². The van der Waals surface area contributed by atoms with Crippen LogP contribution in [0.25, 0.3) is 0 Å². The first-order chi connectivity index (χ1) is 11.2. The molecule has 1 aromatic rings. The van der Waals surface area contributed by atoms with Gasteiger partial charge in [0.05, 0.1) is 0 Å². The van der Waals surface area contributed by atoms with Crippen molar-refractivity contribution in [2.45, 2.75) is 33.2 Å². The van der Waals surface area contributed by atoms with Gasteiger partial charge in [-0.1, -0.05) is 13.8 Å². The molecule has 2 atom stereocenters. The molecule has 0 spiro atoms. The van der Waals surface area contributed by atoms with Gasteiger partial charge >= 0.3 is 0 Å². The van der Waals surface area contributed by atoms with Gasteiger partial charge in [0.15, 0.2) is 5.96 Å². The topological polar surface area (TPSA) is 30.9 Å². The number of fused-ring (bicyclic) bond motifs is 1. The lowest BCUT2D eigenvalue weighted by molar-refractivity contribution is 0.206. The summed E-state index contributed by atoms with van der Waals surface area (Å²) in [7, 11) is 1.91. The van der Waals surface area contributed by atoms with Gasteiger partial charge in [0, 0.05) is 51.2 Å². The Morgan fingerprint density at radius 2 is 2.13 bits per heavy atom. The molecule has 2 unspecified atom stereocenters. The van der Waals surface area contributed by atoms with E-state index in [1.165, 1.54) is 24.9 Å². The number of rotatable bonds is 3. The van der Waals surface area contributed by atoms with Crippen LogP contribution in [-0.4, -0.2) is 55.5 Å². The van der Waals surface area contributed by atoms with Crippen LogP contribution in [0.5, 0.6) is 0 Å². The summed E-state index contributed by atoms with van der Waals surface area (Å²) in [5.74, 6) is 2.60. The zero-order chi connectivity index (χ0) is 16.2. The van der Waals surface area contributed by atoms with Crippen molar-refractivity contribution in [3.63, 3.8) is 0 Å². The van der Waals surface area contributed by atoms with Gasteiger partial charge in [-0.15, -0.1) is 11.3 Å². The summed E-state index contributed by atoms with van der Waals surface area (Å²) in [4.78, 5) is 11.1. The minimum atomic E-state index is 0.761. The third kappa shape index (κ3) is 4.27. The van der Waals surface area contributed by atoms with Gasteiger partial charge in [-0.25, -0.2) is 0 Å². The van der Waals surface area contributed by atoms with E-state index in [0.29, 0.717) is 0 Å². The van der Waals surface area contributed by atoms with Crippen LogP contribution in [-0.2, 0) is 13.0 Å². The quantitative estimate of drug-likeness (QED) is 0.681. The fraction of sp³-hybridized carbons (Fsp3) is 0.722. The summed E-state index contributed by atoms with van der Waals surface area (Å²) in [6.07, 6.45) is 2.55. The molecule has 5 heteroatoms. The van der Waals surface area contributed by atoms with E-state index in [4.69, 9.17) is 0 Å². The standard InChI is InChI=1S/C18H30N4S/c1-14-10-15(2)12-22(11-14)18(19-3)20-6-8-21-7-4-17-16(13-21)5-9-23-17/h5,9,14-15H,4,6-8,10-13H2,1-3H3,(H,19,20). The molecular weight excluding hydrogens is 304 g/mol. The maximum Gasteiger partial charge on any atom is 0.193 e. The molecule has 2 aliphatic rings. The molecule has 4 nitrogen and oxygen atoms in total. The highest BCUT2D eigenvalue weighted by atomic mass is 32.1. The number of hydrogen-bond donors (Lipinski definition) is 1. The minimum absolute atomic E-state index is 0.761. The van der Waals surface area contributed by atoms with E-state index in [0.717, 1.165) is 50.5 Å². The molecule has 0 amide bonds. The minimum Gasteiger partial charge on any atom is -0.355 e. The third-order valence-electron chi connectivity index (χ3n) is 4.98. The SMILES string of the molecule is CN=C(NCCN1CCc2sccc2C1)N1CC(C)CC(C)C1. The first-order valence-electron chi connectivity index (χ1n) is 8.89. The van der Waals surface area contributed by atoms with E-state index in [2.05, 4.69) is 45.4 Å². The lowest BCUT2D eigenvalue weighted by Gasteiger charge is -2.37. The average Bonchev–Trinajstić information content (AvgIpc) is 2.98. The van der Waals surface area contributed by atoms with Gasteiger partial charge in [0.25, 0.3) is 0 Å². The van der Waals surface area contributed by atoms with E-state index in [1.807, 2.05) is 18.4 Å². The van der Waals surface area contributed by atoms with Crippen molar-refractivity contribution in [2.24, 2.45) is 16.8 Å². The molecule has 3 heterocycles. The van der Waals surface area contributed by atoms with Crippen molar-refractivity contribution in [3.8, 4) is 0 Å². The highest BCUT2D eigenvalue weighted by molar-refractivity contribution is 7.10. The van der Waals surface area contributed by atoms with Crippen molar-refractivity contribution in [1.29, 1.82) is 0 Å². The van der Waals surface area contributed by atoms with Crippen molar-refractivity contribution in [3.05, 3.63) is 21.9 Å². The number of piperidine rings is 1. The molecule has 0 saturated carbocycles. The molecule has 3 rings (SSSR count). The molecule has 2 aliphatic heterocycles. The van der Waals surface area contributed by atoms with E-state index < -0.39 is 0 Å². The van der Waals surface area contributed by atoms with Crippen LogP contribution >= 0.6 is 11.3 Å². The fourth-order valence-corrected chi connectivity index (χ4v) is 4.88. The van der Waals surface area contributed by atoms with Crippen LogP contribution in [0.1, 0.15) is 30.7 Å². The van der Waals surface area contributed by atoms with Crippen molar-refractivity contribution in [1.82, 2.24) is 15.1 Å². The summed E-state index contributed by atoms with van der Waals surface area (Å²) < 4.78 is 0. The number of guanidine groups is 1. The predicted molar refractivity (Wildman–Crippen MR) is 99.2 cm³/mol. The monoisotopic (exact) mass is 334 g/mol. The first-order valence-corrected chi connectivity index (χ1v) is 9.77. The molecule has 128 valence electrons. The smallest absolute Gasteiger partial charge is 0.193 e. The molecule has 23 heavy (non-hydrogen) atoms. The zero-order valence-corrected chi connectivity index (χ0v) is 15.5. The third-order valence-corrected chi connectivity index (χ3v) is 6.00. The summed E-state index contributed by atoms with van der Waals surface area (Å²) in [6, 6.07) is 2.29. The molecule has 1 saturated heterocycles. The Labute approximate surface area is 144 Å². The molecular formula is C18H30N4S. The van der Waals surface area contributed by atoms with Crippen LogP contribution in [0.15, 0.2) is 16.4 Å². The number of aliphatic imine (C=N–C) groups is 1. The Balaban J connectivity index is 1.46. The van der Waals surface area contributed by atoms with Gasteiger partial charge < -0.3 is 10.2 Å². The van der Waals surface area contributed by atoms with E-state index in [-0.39, 0.29) is 0 Å². The van der Waals surface area contributed by atoms with Gasteiger partial charge in [-0.2, -0.15) is 0 Å². The molecule has 0 aliphatic carbocycles. The van der Waals surface area contributed by atoms with Gasteiger partial charge in [-0.05, 0) is 41.7 Å². The number of hydrogen-bond acceptors (Lipinski definition) is 3. The highest BCUT2D eigenvalue weighted by Crippen LogP contribution is 2.23. The lowest BCUT2D eigenvalue weighted by atomic mass is 9.92. The normalized spacial score (nSPS) is 26.2. The predicted octanol–water partition coefficient (Wildman–Crippen LogP) is 2.66. The van der Waals surface area contributed by atoms with E-state index in [1.54, 1.807) is 4.88 Å². The summed E-state index contributed by atoms with van der Waals surface area (Å²) in [6.45, 7) is 11.3. The van der Waals surface area contributed by atoms with Crippen LogP contribution in [0.3, 0.4) is 0 Å². The highest BCUT2D eigenvalue weighted by Gasteiger charge is 2.24. The number of nitrogens with one attached hydrogen (secondary N) is 1. The Kier molecular flexibility index (Phi) is 5.59. The summed E-state index contributed by atoms with van der Waals surface area (Å²) in [5.41, 5.74) is 1.53. The van der Waals surface area contributed by atoms with Gasteiger partial charge in [0.2, 0.25) is 0 Å². The molecule has 1 aromatic heterocycles. The van der Waals surface area contributed by atoms with Gasteiger partial charge in [0.1, 0.15) is 0 Å². The van der Waals surface area contributed by atoms with Crippen molar-refractivity contribution in [2.75, 3.05) is 39.8 Å². The Hall–Kier alpha value is -1.07. The second-order valence-corrected chi connectivity index (χ2v) is 8.22.